The number of nitrogen functional groups attached to an aromatic ring is 1. The molecule has 1 aromatic rings. The lowest BCUT2D eigenvalue weighted by Gasteiger charge is -2.43. The van der Waals surface area contributed by atoms with Crippen LogP contribution in [-0.4, -0.2) is 59.5 Å². The molecule has 1 aromatic heterocycles. The first kappa shape index (κ1) is 14.6. The first-order valence-electron chi connectivity index (χ1n) is 7.72. The number of piperazine rings is 1. The number of hydrogen-bond acceptors (Lipinski definition) is 6. The first-order chi connectivity index (χ1) is 10.2. The Hall–Kier alpha value is -1.34. The van der Waals surface area contributed by atoms with Crippen molar-refractivity contribution in [1.29, 1.82) is 0 Å². The third-order valence-electron chi connectivity index (χ3n) is 4.30. The standard InChI is InChI=1S/C14H23N5OS/c1-2-16-14-17-12(15)11(21-14)13(20)19-8-7-18-6-4-3-5-10(18)9-19/h10H,2-9,15H2,1H3,(H,16,17). The Bertz CT molecular complexity index is 517. The average Bonchev–Trinajstić information content (AvgIpc) is 2.87. The van der Waals surface area contributed by atoms with Gasteiger partial charge in [0.05, 0.1) is 0 Å². The quantitative estimate of drug-likeness (QED) is 0.884. The molecule has 21 heavy (non-hydrogen) atoms. The van der Waals surface area contributed by atoms with Crippen LogP contribution in [0.5, 0.6) is 0 Å². The Morgan fingerprint density at radius 2 is 2.29 bits per heavy atom. The van der Waals surface area contributed by atoms with Crippen molar-refractivity contribution in [3.05, 3.63) is 4.88 Å². The topological polar surface area (TPSA) is 74.5 Å². The van der Waals surface area contributed by atoms with Gasteiger partial charge in [-0.1, -0.05) is 17.8 Å². The van der Waals surface area contributed by atoms with Crippen LogP contribution < -0.4 is 11.1 Å². The maximum atomic E-state index is 12.7. The molecule has 0 radical (unpaired) electrons. The number of nitrogens with zero attached hydrogens (tertiary/aromatic N) is 3. The number of hydrogen-bond donors (Lipinski definition) is 2. The van der Waals surface area contributed by atoms with Gasteiger partial charge < -0.3 is 16.0 Å². The monoisotopic (exact) mass is 309 g/mol. The predicted molar refractivity (Wildman–Crippen MR) is 85.8 cm³/mol. The van der Waals surface area contributed by atoms with Gasteiger partial charge in [-0.25, -0.2) is 4.98 Å². The lowest BCUT2D eigenvalue weighted by molar-refractivity contribution is 0.0376. The van der Waals surface area contributed by atoms with Crippen LogP contribution in [0.25, 0.3) is 0 Å². The summed E-state index contributed by atoms with van der Waals surface area (Å²) in [5, 5.41) is 3.85. The fourth-order valence-corrected chi connectivity index (χ4v) is 4.12. The Morgan fingerprint density at radius 3 is 3.10 bits per heavy atom. The molecule has 2 aliphatic rings. The van der Waals surface area contributed by atoms with Crippen LogP contribution in [0.4, 0.5) is 10.9 Å². The van der Waals surface area contributed by atoms with Crippen molar-refractivity contribution in [2.45, 2.75) is 32.2 Å². The van der Waals surface area contributed by atoms with Gasteiger partial charge in [0, 0.05) is 32.2 Å². The molecule has 0 aliphatic carbocycles. The third-order valence-corrected chi connectivity index (χ3v) is 5.32. The highest BCUT2D eigenvalue weighted by atomic mass is 32.1. The molecule has 1 unspecified atom stereocenters. The van der Waals surface area contributed by atoms with E-state index in [1.54, 1.807) is 0 Å². The molecule has 7 heteroatoms. The summed E-state index contributed by atoms with van der Waals surface area (Å²) in [6.45, 7) is 6.56. The zero-order valence-corrected chi connectivity index (χ0v) is 13.3. The van der Waals surface area contributed by atoms with Crippen LogP contribution in [0.15, 0.2) is 0 Å². The van der Waals surface area contributed by atoms with Gasteiger partial charge in [0.1, 0.15) is 10.7 Å². The van der Waals surface area contributed by atoms with Crippen LogP contribution in [-0.2, 0) is 0 Å². The van der Waals surface area contributed by atoms with Crippen LogP contribution in [0.1, 0.15) is 35.9 Å². The summed E-state index contributed by atoms with van der Waals surface area (Å²) in [5.74, 6) is 0.395. The van der Waals surface area contributed by atoms with Gasteiger partial charge in [-0.3, -0.25) is 9.69 Å². The summed E-state index contributed by atoms with van der Waals surface area (Å²) in [4.78, 5) is 22.0. The molecule has 2 saturated heterocycles. The molecule has 1 amide bonds. The van der Waals surface area contributed by atoms with Crippen molar-refractivity contribution < 1.29 is 4.79 Å². The Kier molecular flexibility index (Phi) is 4.30. The second-order valence-corrected chi connectivity index (χ2v) is 6.70. The Labute approximate surface area is 129 Å². The molecule has 116 valence electrons. The van der Waals surface area contributed by atoms with Gasteiger partial charge in [0.25, 0.3) is 5.91 Å². The number of thiazole rings is 1. The largest absolute Gasteiger partial charge is 0.382 e. The zero-order chi connectivity index (χ0) is 14.8. The van der Waals surface area contributed by atoms with E-state index in [1.807, 2.05) is 11.8 Å². The average molecular weight is 309 g/mol. The van der Waals surface area contributed by atoms with Gasteiger partial charge in [-0.2, -0.15) is 0 Å². The number of nitrogens with one attached hydrogen (secondary N) is 1. The highest BCUT2D eigenvalue weighted by Crippen LogP contribution is 2.28. The minimum Gasteiger partial charge on any atom is -0.382 e. The number of carbonyl (C=O) groups excluding carboxylic acids is 1. The highest BCUT2D eigenvalue weighted by molar-refractivity contribution is 7.18. The summed E-state index contributed by atoms with van der Waals surface area (Å²) in [5.41, 5.74) is 5.91. The number of piperidine rings is 1. The van der Waals surface area contributed by atoms with E-state index in [2.05, 4.69) is 15.2 Å². The van der Waals surface area contributed by atoms with E-state index < -0.39 is 0 Å². The molecule has 6 nitrogen and oxygen atoms in total. The molecule has 2 aliphatic heterocycles. The van der Waals surface area contributed by atoms with Crippen LogP contribution in [0, 0.1) is 0 Å². The number of rotatable bonds is 3. The van der Waals surface area contributed by atoms with Gasteiger partial charge in [0.15, 0.2) is 5.13 Å². The minimum absolute atomic E-state index is 0.0411. The summed E-state index contributed by atoms with van der Waals surface area (Å²) < 4.78 is 0. The van der Waals surface area contributed by atoms with Crippen LogP contribution in [0.2, 0.25) is 0 Å². The van der Waals surface area contributed by atoms with Gasteiger partial charge in [-0.05, 0) is 26.3 Å². The molecule has 0 spiro atoms. The lowest BCUT2D eigenvalue weighted by atomic mass is 9.99. The van der Waals surface area contributed by atoms with Gasteiger partial charge in [-0.15, -0.1) is 0 Å². The molecular weight excluding hydrogens is 286 g/mol. The number of carbonyl (C=O) groups is 1. The molecular formula is C14H23N5OS. The SMILES string of the molecule is CCNc1nc(N)c(C(=O)N2CCN3CCCCC3C2)s1. The summed E-state index contributed by atoms with van der Waals surface area (Å²) in [7, 11) is 0. The molecule has 3 rings (SSSR count). The normalized spacial score (nSPS) is 22.9. The summed E-state index contributed by atoms with van der Waals surface area (Å²) in [6, 6.07) is 0.527. The van der Waals surface area contributed by atoms with Crippen molar-refractivity contribution in [1.82, 2.24) is 14.8 Å². The van der Waals surface area contributed by atoms with Crippen molar-refractivity contribution in [3.63, 3.8) is 0 Å². The van der Waals surface area contributed by atoms with E-state index in [0.717, 1.165) is 31.3 Å². The Morgan fingerprint density at radius 1 is 1.43 bits per heavy atom. The summed E-state index contributed by atoms with van der Waals surface area (Å²) >= 11 is 1.36. The van der Waals surface area contributed by atoms with Crippen molar-refractivity contribution in [2.24, 2.45) is 0 Å². The van der Waals surface area contributed by atoms with E-state index >= 15 is 0 Å². The second kappa shape index (κ2) is 6.19. The lowest BCUT2D eigenvalue weighted by Crippen LogP contribution is -2.56. The van der Waals surface area contributed by atoms with Crippen LogP contribution >= 0.6 is 11.3 Å². The van der Waals surface area contributed by atoms with Crippen LogP contribution in [0.3, 0.4) is 0 Å². The van der Waals surface area contributed by atoms with Crippen molar-refractivity contribution in [2.75, 3.05) is 43.8 Å². The summed E-state index contributed by atoms with van der Waals surface area (Å²) in [6.07, 6.45) is 3.76. The molecule has 2 fully saturated rings. The number of fused-ring (bicyclic) bond motifs is 1. The predicted octanol–water partition coefficient (Wildman–Crippen LogP) is 1.47. The Balaban J connectivity index is 1.70. The van der Waals surface area contributed by atoms with E-state index in [-0.39, 0.29) is 5.91 Å². The molecule has 3 heterocycles. The van der Waals surface area contributed by atoms with E-state index in [9.17, 15) is 4.79 Å². The fraction of sp³-hybridized carbons (Fsp3) is 0.714. The number of amides is 1. The molecule has 0 bridgehead atoms. The second-order valence-electron chi connectivity index (χ2n) is 5.70. The van der Waals surface area contributed by atoms with Crippen molar-refractivity contribution in [3.8, 4) is 0 Å². The zero-order valence-electron chi connectivity index (χ0n) is 12.5. The minimum atomic E-state index is 0.0411. The van der Waals surface area contributed by atoms with E-state index in [0.29, 0.717) is 16.7 Å². The van der Waals surface area contributed by atoms with Gasteiger partial charge in [0.2, 0.25) is 0 Å². The van der Waals surface area contributed by atoms with Gasteiger partial charge >= 0.3 is 0 Å². The van der Waals surface area contributed by atoms with Crippen molar-refractivity contribution >= 4 is 28.2 Å². The smallest absolute Gasteiger partial charge is 0.267 e. The maximum absolute atomic E-state index is 12.7. The molecule has 1 atom stereocenters. The fourth-order valence-electron chi connectivity index (χ4n) is 3.20. The molecule has 3 N–H and O–H groups in total. The molecule has 0 aromatic carbocycles. The number of aromatic nitrogens is 1. The first-order valence-corrected chi connectivity index (χ1v) is 8.54. The van der Waals surface area contributed by atoms with E-state index in [4.69, 9.17) is 5.73 Å². The number of anilines is 2. The molecule has 0 saturated carbocycles. The number of nitrogens with two attached hydrogens (primary N) is 1. The third kappa shape index (κ3) is 2.98. The maximum Gasteiger partial charge on any atom is 0.267 e. The highest BCUT2D eigenvalue weighted by Gasteiger charge is 2.32. The van der Waals surface area contributed by atoms with E-state index in [1.165, 1.54) is 37.1 Å².